The lowest BCUT2D eigenvalue weighted by Crippen LogP contribution is -2.24. The fraction of sp³-hybridized carbons (Fsp3) is 0.192. The van der Waals surface area contributed by atoms with Crippen molar-refractivity contribution in [3.63, 3.8) is 0 Å². The molecule has 8 heteroatoms. The smallest absolute Gasteiger partial charge is 0.252 e. The first-order chi connectivity index (χ1) is 16.3. The summed E-state index contributed by atoms with van der Waals surface area (Å²) in [5, 5.41) is 6.46. The summed E-state index contributed by atoms with van der Waals surface area (Å²) < 4.78 is 5.46. The number of carbonyl (C=O) groups excluding carboxylic acids is 2. The summed E-state index contributed by atoms with van der Waals surface area (Å²) in [6, 6.07) is 15.6. The minimum atomic E-state index is -0.577. The zero-order chi connectivity index (χ0) is 24.4. The normalized spacial score (nSPS) is 11.9. The molecule has 34 heavy (non-hydrogen) atoms. The number of hydrogen-bond donors (Lipinski definition) is 2. The zero-order valence-corrected chi connectivity index (χ0v) is 21.0. The molecule has 0 aliphatic rings. The van der Waals surface area contributed by atoms with E-state index in [1.54, 1.807) is 7.11 Å². The van der Waals surface area contributed by atoms with E-state index in [2.05, 4.69) is 5.32 Å². The Hall–Kier alpha value is -3.36. The second-order valence-electron chi connectivity index (χ2n) is 7.97. The van der Waals surface area contributed by atoms with Crippen LogP contribution >= 0.6 is 23.1 Å². The standard InChI is InChI=1S/C26H25N3O3S2/c1-14-8-10-17(11-9-14)19-13-33-26(22(19)24(27)30)29-25(31)16(3)34-21-12-15(2)18-6-5-7-20(32-4)23(18)28-21/h5-13,16H,1-4H3,(H2,27,30)(H,29,31). The molecule has 0 aliphatic heterocycles. The molecular weight excluding hydrogens is 466 g/mol. The van der Waals surface area contributed by atoms with Gasteiger partial charge in [0.05, 0.1) is 22.9 Å². The Bertz CT molecular complexity index is 1380. The summed E-state index contributed by atoms with van der Waals surface area (Å²) in [7, 11) is 1.61. The number of nitrogens with one attached hydrogen (secondary N) is 1. The van der Waals surface area contributed by atoms with Gasteiger partial charge in [-0.2, -0.15) is 0 Å². The van der Waals surface area contributed by atoms with Crippen molar-refractivity contribution >= 4 is 50.8 Å². The molecule has 3 N–H and O–H groups in total. The number of aromatic nitrogens is 1. The van der Waals surface area contributed by atoms with Gasteiger partial charge in [0.2, 0.25) is 5.91 Å². The molecule has 6 nitrogen and oxygen atoms in total. The minimum Gasteiger partial charge on any atom is -0.494 e. The third kappa shape index (κ3) is 4.78. The number of ether oxygens (including phenoxy) is 1. The molecule has 2 aromatic carbocycles. The first kappa shape index (κ1) is 23.8. The van der Waals surface area contributed by atoms with E-state index in [1.807, 2.05) is 74.7 Å². The highest BCUT2D eigenvalue weighted by atomic mass is 32.2. The summed E-state index contributed by atoms with van der Waals surface area (Å²) >= 11 is 2.64. The lowest BCUT2D eigenvalue weighted by molar-refractivity contribution is -0.115. The van der Waals surface area contributed by atoms with Gasteiger partial charge in [0, 0.05) is 16.3 Å². The molecule has 1 unspecified atom stereocenters. The number of thioether (sulfide) groups is 1. The third-order valence-electron chi connectivity index (χ3n) is 5.51. The van der Waals surface area contributed by atoms with Crippen LogP contribution in [0.5, 0.6) is 5.75 Å². The first-order valence-corrected chi connectivity index (χ1v) is 12.4. The van der Waals surface area contributed by atoms with E-state index in [-0.39, 0.29) is 5.91 Å². The van der Waals surface area contributed by atoms with Crippen molar-refractivity contribution in [1.29, 1.82) is 0 Å². The van der Waals surface area contributed by atoms with Gasteiger partial charge >= 0.3 is 0 Å². The second kappa shape index (κ2) is 9.87. The van der Waals surface area contributed by atoms with Gasteiger partial charge in [-0.15, -0.1) is 11.3 Å². The summed E-state index contributed by atoms with van der Waals surface area (Å²) in [4.78, 5) is 30.0. The van der Waals surface area contributed by atoms with Gasteiger partial charge in [0.25, 0.3) is 5.91 Å². The third-order valence-corrected chi connectivity index (χ3v) is 7.42. The van der Waals surface area contributed by atoms with Crippen LogP contribution in [0.4, 0.5) is 5.00 Å². The molecule has 4 aromatic rings. The number of para-hydroxylation sites is 1. The Balaban J connectivity index is 1.57. The molecule has 174 valence electrons. The number of thiophene rings is 1. The average Bonchev–Trinajstić information content (AvgIpc) is 3.23. The second-order valence-corrected chi connectivity index (χ2v) is 10.2. The zero-order valence-electron chi connectivity index (χ0n) is 19.3. The molecule has 0 fully saturated rings. The Labute approximate surface area is 206 Å². The molecule has 2 heterocycles. The Morgan fingerprint density at radius 2 is 1.88 bits per heavy atom. The first-order valence-electron chi connectivity index (χ1n) is 10.7. The maximum atomic E-state index is 13.0. The van der Waals surface area contributed by atoms with Crippen molar-refractivity contribution in [2.24, 2.45) is 5.73 Å². The molecule has 2 amide bonds. The molecule has 0 radical (unpaired) electrons. The van der Waals surface area contributed by atoms with Crippen LogP contribution in [0, 0.1) is 13.8 Å². The van der Waals surface area contributed by atoms with Gasteiger partial charge in [-0.3, -0.25) is 9.59 Å². The maximum Gasteiger partial charge on any atom is 0.252 e. The number of aryl methyl sites for hydroxylation is 2. The SMILES string of the molecule is COc1cccc2c(C)cc(SC(C)C(=O)Nc3scc(-c4ccc(C)cc4)c3C(N)=O)nc12. The van der Waals surface area contributed by atoms with E-state index in [1.165, 1.54) is 23.1 Å². The number of methoxy groups -OCH3 is 1. The van der Waals surface area contributed by atoms with Crippen molar-refractivity contribution in [3.8, 4) is 16.9 Å². The van der Waals surface area contributed by atoms with Crippen LogP contribution in [0.3, 0.4) is 0 Å². The number of amides is 2. The highest BCUT2D eigenvalue weighted by molar-refractivity contribution is 8.00. The number of fused-ring (bicyclic) bond motifs is 1. The summed E-state index contributed by atoms with van der Waals surface area (Å²) in [5.41, 5.74) is 10.5. The summed E-state index contributed by atoms with van der Waals surface area (Å²) in [6.45, 7) is 5.82. The molecule has 0 bridgehead atoms. The van der Waals surface area contributed by atoms with Gasteiger partial charge in [0.15, 0.2) is 0 Å². The van der Waals surface area contributed by atoms with Crippen molar-refractivity contribution in [3.05, 3.63) is 70.6 Å². The predicted molar refractivity (Wildman–Crippen MR) is 140 cm³/mol. The molecule has 2 aromatic heterocycles. The summed E-state index contributed by atoms with van der Waals surface area (Å²) in [5.74, 6) is -0.121. The fourth-order valence-electron chi connectivity index (χ4n) is 3.67. The number of nitrogens with two attached hydrogens (primary N) is 1. The van der Waals surface area contributed by atoms with E-state index in [9.17, 15) is 9.59 Å². The number of primary amides is 1. The van der Waals surface area contributed by atoms with Crippen LogP contribution < -0.4 is 15.8 Å². The number of hydrogen-bond acceptors (Lipinski definition) is 6. The molecule has 1 atom stereocenters. The molecule has 0 saturated heterocycles. The fourth-order valence-corrected chi connectivity index (χ4v) is 5.57. The quantitative estimate of drug-likeness (QED) is 0.318. The summed E-state index contributed by atoms with van der Waals surface area (Å²) in [6.07, 6.45) is 0. The van der Waals surface area contributed by atoms with Crippen LogP contribution in [0.2, 0.25) is 0 Å². The van der Waals surface area contributed by atoms with E-state index < -0.39 is 11.2 Å². The number of pyridine rings is 1. The van der Waals surface area contributed by atoms with E-state index in [4.69, 9.17) is 15.5 Å². The maximum absolute atomic E-state index is 13.0. The number of anilines is 1. The van der Waals surface area contributed by atoms with Gasteiger partial charge < -0.3 is 15.8 Å². The number of carbonyl (C=O) groups is 2. The van der Waals surface area contributed by atoms with Crippen molar-refractivity contribution in [2.45, 2.75) is 31.0 Å². The molecule has 0 spiro atoms. The predicted octanol–water partition coefficient (Wildman–Crippen LogP) is 5.81. The Kier molecular flexibility index (Phi) is 6.90. The van der Waals surface area contributed by atoms with Gasteiger partial charge in [-0.1, -0.05) is 53.7 Å². The van der Waals surface area contributed by atoms with E-state index >= 15 is 0 Å². The van der Waals surface area contributed by atoms with Gasteiger partial charge in [-0.25, -0.2) is 4.98 Å². The van der Waals surface area contributed by atoms with Crippen molar-refractivity contribution in [2.75, 3.05) is 12.4 Å². The molecule has 4 rings (SSSR count). The minimum absolute atomic E-state index is 0.232. The topological polar surface area (TPSA) is 94.3 Å². The molecule has 0 aliphatic carbocycles. The van der Waals surface area contributed by atoms with Crippen LogP contribution in [0.15, 0.2) is 58.9 Å². The van der Waals surface area contributed by atoms with Crippen LogP contribution in [-0.2, 0) is 4.79 Å². The lowest BCUT2D eigenvalue weighted by Gasteiger charge is -2.14. The molecule has 0 saturated carbocycles. The highest BCUT2D eigenvalue weighted by Crippen LogP contribution is 2.36. The van der Waals surface area contributed by atoms with Gasteiger partial charge in [0.1, 0.15) is 16.3 Å². The monoisotopic (exact) mass is 491 g/mol. The molecular formula is C26H25N3O3S2. The van der Waals surface area contributed by atoms with Crippen molar-refractivity contribution < 1.29 is 14.3 Å². The van der Waals surface area contributed by atoms with E-state index in [0.717, 1.165) is 32.6 Å². The lowest BCUT2D eigenvalue weighted by atomic mass is 10.0. The largest absolute Gasteiger partial charge is 0.494 e. The van der Waals surface area contributed by atoms with Crippen LogP contribution in [-0.4, -0.2) is 29.2 Å². The number of rotatable bonds is 7. The number of benzene rings is 2. The van der Waals surface area contributed by atoms with Crippen molar-refractivity contribution in [1.82, 2.24) is 4.98 Å². The van der Waals surface area contributed by atoms with Crippen LogP contribution in [0.25, 0.3) is 22.0 Å². The Morgan fingerprint density at radius 1 is 1.15 bits per heavy atom. The number of nitrogens with zero attached hydrogens (tertiary/aromatic N) is 1. The highest BCUT2D eigenvalue weighted by Gasteiger charge is 2.23. The Morgan fingerprint density at radius 3 is 2.56 bits per heavy atom. The van der Waals surface area contributed by atoms with E-state index in [0.29, 0.717) is 21.9 Å². The van der Waals surface area contributed by atoms with Gasteiger partial charge in [-0.05, 0) is 44.0 Å². The van der Waals surface area contributed by atoms with Crippen LogP contribution in [0.1, 0.15) is 28.4 Å². The average molecular weight is 492 g/mol.